The van der Waals surface area contributed by atoms with Crippen molar-refractivity contribution in [2.24, 2.45) is 0 Å². The zero-order valence-electron chi connectivity index (χ0n) is 19.2. The van der Waals surface area contributed by atoms with Crippen LogP contribution in [0.2, 0.25) is 5.02 Å². The first-order valence-electron chi connectivity index (χ1n) is 11.2. The molecule has 0 atom stereocenters. The first-order chi connectivity index (χ1) is 16.6. The van der Waals surface area contributed by atoms with Crippen LogP contribution in [0.15, 0.2) is 54.7 Å². The van der Waals surface area contributed by atoms with Crippen LogP contribution >= 0.6 is 11.6 Å². The highest BCUT2D eigenvalue weighted by Gasteiger charge is 2.38. The molecule has 6 nitrogen and oxygen atoms in total. The Bertz CT molecular complexity index is 1110. The Morgan fingerprint density at radius 2 is 1.86 bits per heavy atom. The zero-order valence-corrected chi connectivity index (χ0v) is 19.9. The number of alkyl halides is 3. The number of carbonyl (C=O) groups is 1. The van der Waals surface area contributed by atoms with Crippen molar-refractivity contribution in [3.8, 4) is 17.0 Å². The third kappa shape index (κ3) is 7.73. The predicted molar refractivity (Wildman–Crippen MR) is 128 cm³/mol. The van der Waals surface area contributed by atoms with E-state index in [1.807, 2.05) is 35.1 Å². The Hall–Kier alpha value is -3.04. The van der Waals surface area contributed by atoms with Crippen LogP contribution in [0.5, 0.6) is 5.75 Å². The van der Waals surface area contributed by atoms with Crippen molar-refractivity contribution in [3.63, 3.8) is 0 Å². The summed E-state index contributed by atoms with van der Waals surface area (Å²) in [4.78, 5) is 8.90. The van der Waals surface area contributed by atoms with Crippen molar-refractivity contribution in [1.29, 1.82) is 0 Å². The molecule has 0 amide bonds. The summed E-state index contributed by atoms with van der Waals surface area (Å²) in [5, 5.41) is 15.8. The first kappa shape index (κ1) is 26.6. The molecule has 0 spiro atoms. The molecule has 1 aliphatic rings. The fourth-order valence-corrected chi connectivity index (χ4v) is 4.05. The van der Waals surface area contributed by atoms with Gasteiger partial charge in [0, 0.05) is 23.3 Å². The van der Waals surface area contributed by atoms with Crippen molar-refractivity contribution < 1.29 is 27.8 Å². The molecule has 1 fully saturated rings. The van der Waals surface area contributed by atoms with Crippen molar-refractivity contribution in [3.05, 3.63) is 70.9 Å². The average Bonchev–Trinajstić information content (AvgIpc) is 3.29. The number of hydrogen-bond acceptors (Lipinski definition) is 4. The molecule has 2 heterocycles. The molecule has 188 valence electrons. The van der Waals surface area contributed by atoms with Crippen LogP contribution in [0.3, 0.4) is 0 Å². The Balaban J connectivity index is 0.000000429. The summed E-state index contributed by atoms with van der Waals surface area (Å²) in [6, 6.07) is 16.5. The number of hydrogen-bond donors (Lipinski definition) is 2. The number of nitrogens with one attached hydrogen (secondary N) is 1. The van der Waals surface area contributed by atoms with Crippen LogP contribution in [0.1, 0.15) is 24.0 Å². The number of benzene rings is 2. The molecular formula is C25H27ClF3N3O3. The average molecular weight is 510 g/mol. The van der Waals surface area contributed by atoms with Gasteiger partial charge in [0.2, 0.25) is 0 Å². The van der Waals surface area contributed by atoms with Gasteiger partial charge in [-0.15, -0.1) is 0 Å². The van der Waals surface area contributed by atoms with E-state index in [1.165, 1.54) is 5.56 Å². The lowest BCUT2D eigenvalue weighted by Crippen LogP contribution is -2.34. The summed E-state index contributed by atoms with van der Waals surface area (Å²) in [6.45, 7) is 4.88. The van der Waals surface area contributed by atoms with Crippen LogP contribution in [-0.2, 0) is 17.8 Å². The third-order valence-corrected chi connectivity index (χ3v) is 5.72. The van der Waals surface area contributed by atoms with Crippen molar-refractivity contribution in [2.75, 3.05) is 13.1 Å². The minimum absolute atomic E-state index is 0.237. The number of aryl methyl sites for hydroxylation is 3. The maximum atomic E-state index is 10.6. The molecule has 0 aliphatic carbocycles. The summed E-state index contributed by atoms with van der Waals surface area (Å²) >= 11 is 6.41. The van der Waals surface area contributed by atoms with Gasteiger partial charge in [-0.1, -0.05) is 41.9 Å². The summed E-state index contributed by atoms with van der Waals surface area (Å²) in [6.07, 6.45) is -0.0193. The van der Waals surface area contributed by atoms with Gasteiger partial charge in [-0.2, -0.15) is 18.3 Å². The van der Waals surface area contributed by atoms with Gasteiger partial charge < -0.3 is 15.2 Å². The van der Waals surface area contributed by atoms with Gasteiger partial charge in [0.1, 0.15) is 11.9 Å². The van der Waals surface area contributed by atoms with Gasteiger partial charge in [-0.05, 0) is 68.6 Å². The summed E-state index contributed by atoms with van der Waals surface area (Å²) in [5.41, 5.74) is 4.44. The fraction of sp³-hybridized carbons (Fsp3) is 0.360. The second kappa shape index (κ2) is 12.1. The van der Waals surface area contributed by atoms with Crippen LogP contribution in [0.25, 0.3) is 11.3 Å². The van der Waals surface area contributed by atoms with Gasteiger partial charge in [-0.25, -0.2) is 4.79 Å². The van der Waals surface area contributed by atoms with Crippen molar-refractivity contribution in [1.82, 2.24) is 15.1 Å². The predicted octanol–water partition coefficient (Wildman–Crippen LogP) is 5.52. The van der Waals surface area contributed by atoms with Crippen molar-refractivity contribution >= 4 is 17.6 Å². The largest absolute Gasteiger partial charge is 0.490 e. The van der Waals surface area contributed by atoms with E-state index in [9.17, 15) is 13.2 Å². The fourth-order valence-electron chi connectivity index (χ4n) is 3.78. The minimum Gasteiger partial charge on any atom is -0.489 e. The highest BCUT2D eigenvalue weighted by Crippen LogP contribution is 2.37. The summed E-state index contributed by atoms with van der Waals surface area (Å²) in [7, 11) is 0. The zero-order chi connectivity index (χ0) is 25.4. The number of aliphatic carboxylic acids is 1. The molecule has 1 aliphatic heterocycles. The lowest BCUT2D eigenvalue weighted by atomic mass is 10.0. The molecule has 4 rings (SSSR count). The quantitative estimate of drug-likeness (QED) is 0.457. The Morgan fingerprint density at radius 3 is 2.49 bits per heavy atom. The van der Waals surface area contributed by atoms with Gasteiger partial charge in [0.05, 0.1) is 5.69 Å². The normalized spacial score (nSPS) is 14.2. The van der Waals surface area contributed by atoms with E-state index in [0.717, 1.165) is 66.5 Å². The molecule has 10 heteroatoms. The SMILES string of the molecule is Cc1cc(Cl)cc(-c2ccnn2CCc2ccccc2)c1OC1CCNCC1.O=C(O)C(F)(F)F. The maximum Gasteiger partial charge on any atom is 0.490 e. The molecule has 0 unspecified atom stereocenters. The molecule has 2 aromatic carbocycles. The molecule has 2 N–H and O–H groups in total. The number of aromatic nitrogens is 2. The topological polar surface area (TPSA) is 76.4 Å². The van der Waals surface area contributed by atoms with Gasteiger partial charge >= 0.3 is 12.1 Å². The van der Waals surface area contributed by atoms with E-state index in [1.54, 1.807) is 0 Å². The van der Waals surface area contributed by atoms with Crippen LogP contribution in [0.4, 0.5) is 13.2 Å². The number of carboxylic acid groups (broad SMARTS) is 1. The molecule has 1 saturated heterocycles. The van der Waals surface area contributed by atoms with E-state index < -0.39 is 12.1 Å². The second-order valence-electron chi connectivity index (χ2n) is 8.14. The van der Waals surface area contributed by atoms with E-state index in [4.69, 9.17) is 26.2 Å². The highest BCUT2D eigenvalue weighted by molar-refractivity contribution is 6.31. The molecule has 0 saturated carbocycles. The van der Waals surface area contributed by atoms with E-state index in [0.29, 0.717) is 0 Å². The summed E-state index contributed by atoms with van der Waals surface area (Å²) < 4.78 is 40.3. The maximum absolute atomic E-state index is 10.6. The van der Waals surface area contributed by atoms with E-state index in [2.05, 4.69) is 41.6 Å². The first-order valence-corrected chi connectivity index (χ1v) is 11.6. The van der Waals surface area contributed by atoms with Crippen LogP contribution < -0.4 is 10.1 Å². The van der Waals surface area contributed by atoms with E-state index in [-0.39, 0.29) is 6.10 Å². The smallest absolute Gasteiger partial charge is 0.489 e. The number of ether oxygens (including phenoxy) is 1. The van der Waals surface area contributed by atoms with Gasteiger partial charge in [0.15, 0.2) is 0 Å². The monoisotopic (exact) mass is 509 g/mol. The Kier molecular flexibility index (Phi) is 9.17. The number of carboxylic acids is 1. The van der Waals surface area contributed by atoms with Gasteiger partial charge in [0.25, 0.3) is 0 Å². The standard InChI is InChI=1S/C23H26ClN3O.C2HF3O2/c1-17-15-19(24)16-21(23(17)28-20-7-11-25-12-8-20)22-9-13-26-27(22)14-10-18-5-3-2-4-6-18;3-2(4,5)1(6)7/h2-6,9,13,15-16,20,25H,7-8,10-12,14H2,1H3;(H,6,7). The number of rotatable bonds is 6. The number of halogens is 4. The van der Waals surface area contributed by atoms with Crippen molar-refractivity contribution in [2.45, 2.75) is 45.0 Å². The number of nitrogens with zero attached hydrogens (tertiary/aromatic N) is 2. The van der Waals surface area contributed by atoms with E-state index >= 15 is 0 Å². The second-order valence-corrected chi connectivity index (χ2v) is 8.58. The molecule has 0 bridgehead atoms. The lowest BCUT2D eigenvalue weighted by Gasteiger charge is -2.26. The van der Waals surface area contributed by atoms with Crippen LogP contribution in [-0.4, -0.2) is 46.2 Å². The molecule has 35 heavy (non-hydrogen) atoms. The minimum atomic E-state index is -5.08. The Labute approximate surface area is 206 Å². The molecule has 0 radical (unpaired) electrons. The Morgan fingerprint density at radius 1 is 1.20 bits per heavy atom. The lowest BCUT2D eigenvalue weighted by molar-refractivity contribution is -0.192. The summed E-state index contributed by atoms with van der Waals surface area (Å²) in [5.74, 6) is -1.83. The third-order valence-electron chi connectivity index (χ3n) is 5.50. The van der Waals surface area contributed by atoms with Gasteiger partial charge in [-0.3, -0.25) is 4.68 Å². The molecule has 1 aromatic heterocycles. The number of piperidine rings is 1. The molecule has 3 aromatic rings. The molecular weight excluding hydrogens is 483 g/mol. The van der Waals surface area contributed by atoms with Crippen LogP contribution in [0, 0.1) is 6.92 Å². The highest BCUT2D eigenvalue weighted by atomic mass is 35.5.